The molecule has 1 aliphatic heterocycles. The molecule has 1 aliphatic rings. The third-order valence-electron chi connectivity index (χ3n) is 3.33. The summed E-state index contributed by atoms with van der Waals surface area (Å²) in [4.78, 5) is 11.7. The van der Waals surface area contributed by atoms with E-state index in [0.29, 0.717) is 11.3 Å². The van der Waals surface area contributed by atoms with Crippen molar-refractivity contribution < 1.29 is 14.6 Å². The molecule has 0 aliphatic carbocycles. The SMILES string of the molecule is Cc1c(C)c(C)c2c(c1C)OC(O)C2=O. The summed E-state index contributed by atoms with van der Waals surface area (Å²) in [7, 11) is 0. The molecule has 3 nitrogen and oxygen atoms in total. The molecule has 0 saturated carbocycles. The van der Waals surface area contributed by atoms with Crippen LogP contribution in [0.1, 0.15) is 32.6 Å². The fraction of sp³-hybridized carbons (Fsp3) is 0.417. The molecule has 3 heteroatoms. The predicted molar refractivity (Wildman–Crippen MR) is 56.4 cm³/mol. The van der Waals surface area contributed by atoms with Crippen LogP contribution in [0, 0.1) is 27.7 Å². The average Bonchev–Trinajstić information content (AvgIpc) is 2.50. The smallest absolute Gasteiger partial charge is 0.262 e. The fourth-order valence-corrected chi connectivity index (χ4v) is 2.01. The molecule has 80 valence electrons. The molecule has 0 spiro atoms. The van der Waals surface area contributed by atoms with Crippen molar-refractivity contribution in [3.63, 3.8) is 0 Å². The lowest BCUT2D eigenvalue weighted by Crippen LogP contribution is -2.19. The summed E-state index contributed by atoms with van der Waals surface area (Å²) < 4.78 is 5.17. The number of benzene rings is 1. The van der Waals surface area contributed by atoms with Crippen molar-refractivity contribution in [1.29, 1.82) is 0 Å². The first-order valence-corrected chi connectivity index (χ1v) is 4.94. The summed E-state index contributed by atoms with van der Waals surface area (Å²) in [6.45, 7) is 7.78. The fourth-order valence-electron chi connectivity index (χ4n) is 2.01. The minimum Gasteiger partial charge on any atom is -0.456 e. The van der Waals surface area contributed by atoms with Gasteiger partial charge in [0.05, 0.1) is 5.56 Å². The Morgan fingerprint density at radius 2 is 1.53 bits per heavy atom. The van der Waals surface area contributed by atoms with E-state index in [-0.39, 0.29) is 5.78 Å². The van der Waals surface area contributed by atoms with Crippen molar-refractivity contribution >= 4 is 5.78 Å². The highest BCUT2D eigenvalue weighted by Crippen LogP contribution is 2.37. The Kier molecular flexibility index (Phi) is 2.08. The second-order valence-electron chi connectivity index (χ2n) is 4.04. The van der Waals surface area contributed by atoms with Gasteiger partial charge in [-0.3, -0.25) is 4.79 Å². The van der Waals surface area contributed by atoms with Crippen molar-refractivity contribution in [1.82, 2.24) is 0 Å². The van der Waals surface area contributed by atoms with E-state index < -0.39 is 6.29 Å². The van der Waals surface area contributed by atoms with Gasteiger partial charge in [-0.25, -0.2) is 0 Å². The van der Waals surface area contributed by atoms with Gasteiger partial charge in [0, 0.05) is 0 Å². The largest absolute Gasteiger partial charge is 0.456 e. The highest BCUT2D eigenvalue weighted by molar-refractivity contribution is 6.05. The third kappa shape index (κ3) is 1.20. The number of hydrogen-bond donors (Lipinski definition) is 1. The molecule has 1 unspecified atom stereocenters. The Balaban J connectivity index is 2.81. The van der Waals surface area contributed by atoms with Gasteiger partial charge in [0.25, 0.3) is 6.29 Å². The summed E-state index contributed by atoms with van der Waals surface area (Å²) >= 11 is 0. The van der Waals surface area contributed by atoms with E-state index in [1.165, 1.54) is 0 Å². The van der Waals surface area contributed by atoms with Crippen molar-refractivity contribution in [3.8, 4) is 5.75 Å². The Bertz CT molecular complexity index is 461. The highest BCUT2D eigenvalue weighted by Gasteiger charge is 2.34. The first kappa shape index (κ1) is 10.2. The Hall–Kier alpha value is -1.35. The topological polar surface area (TPSA) is 46.5 Å². The van der Waals surface area contributed by atoms with Gasteiger partial charge in [0.1, 0.15) is 5.75 Å². The Morgan fingerprint density at radius 3 is 2.13 bits per heavy atom. The minimum atomic E-state index is -1.32. The van der Waals surface area contributed by atoms with Crippen LogP contribution >= 0.6 is 0 Å². The molecule has 0 bridgehead atoms. The van der Waals surface area contributed by atoms with Crippen molar-refractivity contribution in [2.24, 2.45) is 0 Å². The summed E-state index contributed by atoms with van der Waals surface area (Å²) in [5.74, 6) is 0.224. The molecule has 1 aromatic carbocycles. The van der Waals surface area contributed by atoms with E-state index in [0.717, 1.165) is 22.3 Å². The second kappa shape index (κ2) is 3.07. The van der Waals surface area contributed by atoms with Crippen LogP contribution in [-0.4, -0.2) is 17.2 Å². The van der Waals surface area contributed by atoms with Crippen molar-refractivity contribution in [2.75, 3.05) is 0 Å². The summed E-state index contributed by atoms with van der Waals surface area (Å²) in [6.07, 6.45) is -1.32. The maximum atomic E-state index is 11.7. The zero-order valence-corrected chi connectivity index (χ0v) is 9.34. The number of carbonyl (C=O) groups is 1. The maximum absolute atomic E-state index is 11.7. The van der Waals surface area contributed by atoms with Gasteiger partial charge in [-0.15, -0.1) is 0 Å². The average molecular weight is 206 g/mol. The molecule has 0 amide bonds. The number of hydrogen-bond acceptors (Lipinski definition) is 3. The van der Waals surface area contributed by atoms with Crippen molar-refractivity contribution in [2.45, 2.75) is 34.0 Å². The minimum absolute atomic E-state index is 0.325. The summed E-state index contributed by atoms with van der Waals surface area (Å²) in [6, 6.07) is 0. The molecule has 1 heterocycles. The zero-order chi connectivity index (χ0) is 11.3. The number of Topliss-reactive ketones (excluding diaryl/α,β-unsaturated/α-hetero) is 1. The summed E-state index contributed by atoms with van der Waals surface area (Å²) in [5.41, 5.74) is 4.61. The third-order valence-corrected chi connectivity index (χ3v) is 3.33. The number of carbonyl (C=O) groups excluding carboxylic acids is 1. The van der Waals surface area contributed by atoms with E-state index in [1.54, 1.807) is 0 Å². The van der Waals surface area contributed by atoms with Crippen LogP contribution in [0.3, 0.4) is 0 Å². The molecule has 1 aromatic rings. The standard InChI is InChI=1S/C12H14O3/c1-5-6(2)8(4)11-9(7(5)3)10(13)12(14)15-11/h12,14H,1-4H3. The highest BCUT2D eigenvalue weighted by atomic mass is 16.6. The molecule has 0 radical (unpaired) electrons. The Labute approximate surface area is 88.7 Å². The van der Waals surface area contributed by atoms with Gasteiger partial charge in [-0.1, -0.05) is 0 Å². The van der Waals surface area contributed by atoms with Crippen LogP contribution in [0.2, 0.25) is 0 Å². The van der Waals surface area contributed by atoms with Gasteiger partial charge in [-0.05, 0) is 49.9 Å². The Morgan fingerprint density at radius 1 is 1.00 bits per heavy atom. The molecular formula is C12H14O3. The van der Waals surface area contributed by atoms with Crippen LogP contribution in [-0.2, 0) is 0 Å². The van der Waals surface area contributed by atoms with Gasteiger partial charge >= 0.3 is 0 Å². The molecule has 1 atom stereocenters. The molecular weight excluding hydrogens is 192 g/mol. The van der Waals surface area contributed by atoms with Crippen LogP contribution in [0.15, 0.2) is 0 Å². The lowest BCUT2D eigenvalue weighted by Gasteiger charge is -2.12. The van der Waals surface area contributed by atoms with Crippen LogP contribution in [0.25, 0.3) is 0 Å². The first-order valence-electron chi connectivity index (χ1n) is 4.94. The number of rotatable bonds is 0. The van der Waals surface area contributed by atoms with E-state index >= 15 is 0 Å². The number of aliphatic hydroxyl groups excluding tert-OH is 1. The number of ether oxygens (including phenoxy) is 1. The molecule has 2 rings (SSSR count). The van der Waals surface area contributed by atoms with Crippen LogP contribution in [0.4, 0.5) is 0 Å². The van der Waals surface area contributed by atoms with Gasteiger partial charge in [-0.2, -0.15) is 0 Å². The molecule has 1 N–H and O–H groups in total. The first-order chi connectivity index (χ1) is 6.95. The van der Waals surface area contributed by atoms with Gasteiger partial charge in [0.2, 0.25) is 5.78 Å². The number of aliphatic hydroxyl groups is 1. The number of fused-ring (bicyclic) bond motifs is 1. The summed E-state index contributed by atoms with van der Waals surface area (Å²) in [5, 5.41) is 9.38. The van der Waals surface area contributed by atoms with Crippen LogP contribution < -0.4 is 4.74 Å². The number of ketones is 1. The zero-order valence-electron chi connectivity index (χ0n) is 9.34. The van der Waals surface area contributed by atoms with E-state index in [4.69, 9.17) is 4.74 Å². The van der Waals surface area contributed by atoms with Gasteiger partial charge < -0.3 is 9.84 Å². The lowest BCUT2D eigenvalue weighted by molar-refractivity contribution is 0.00836. The van der Waals surface area contributed by atoms with Crippen LogP contribution in [0.5, 0.6) is 5.75 Å². The molecule has 0 aromatic heterocycles. The van der Waals surface area contributed by atoms with Gasteiger partial charge in [0.15, 0.2) is 0 Å². The normalized spacial score (nSPS) is 19.0. The molecule has 15 heavy (non-hydrogen) atoms. The second-order valence-corrected chi connectivity index (χ2v) is 4.04. The van der Waals surface area contributed by atoms with E-state index in [1.807, 2.05) is 27.7 Å². The maximum Gasteiger partial charge on any atom is 0.262 e. The lowest BCUT2D eigenvalue weighted by atomic mass is 9.92. The molecule has 0 fully saturated rings. The quantitative estimate of drug-likeness (QED) is 0.704. The van der Waals surface area contributed by atoms with E-state index in [2.05, 4.69) is 0 Å². The van der Waals surface area contributed by atoms with Crippen molar-refractivity contribution in [3.05, 3.63) is 27.8 Å². The van der Waals surface area contributed by atoms with E-state index in [9.17, 15) is 9.90 Å². The molecule has 0 saturated heterocycles. The predicted octanol–water partition coefficient (Wildman–Crippen LogP) is 1.81. The monoisotopic (exact) mass is 206 g/mol.